The van der Waals surface area contributed by atoms with Gasteiger partial charge in [0, 0.05) is 11.8 Å². The number of carbonyl (C=O) groups is 1. The van der Waals surface area contributed by atoms with Crippen LogP contribution in [0.25, 0.3) is 11.1 Å². The highest BCUT2D eigenvalue weighted by atomic mass is 16.6. The first kappa shape index (κ1) is 16.7. The number of methoxy groups -OCH3 is 2. The van der Waals surface area contributed by atoms with Crippen LogP contribution in [0.1, 0.15) is 20.8 Å². The summed E-state index contributed by atoms with van der Waals surface area (Å²) >= 11 is 0. The van der Waals surface area contributed by atoms with E-state index >= 15 is 0 Å². The molecule has 0 radical (unpaired) electrons. The van der Waals surface area contributed by atoms with Crippen LogP contribution in [-0.2, 0) is 4.74 Å². The average molecular weight is 319 g/mol. The Kier molecular flexibility index (Phi) is 4.78. The predicted molar refractivity (Wildman–Crippen MR) is 87.0 cm³/mol. The van der Waals surface area contributed by atoms with Gasteiger partial charge in [-0.05, 0) is 38.5 Å². The Morgan fingerprint density at radius 2 is 1.91 bits per heavy atom. The molecule has 0 aliphatic carbocycles. The Balaban J connectivity index is 2.39. The molecule has 0 saturated heterocycles. The molecular weight excluding hydrogens is 298 g/mol. The van der Waals surface area contributed by atoms with Crippen molar-refractivity contribution in [3.63, 3.8) is 0 Å². The first-order valence-electron chi connectivity index (χ1n) is 7.09. The van der Waals surface area contributed by atoms with Gasteiger partial charge in [0.2, 0.25) is 0 Å². The largest absolute Gasteiger partial charge is 0.493 e. The summed E-state index contributed by atoms with van der Waals surface area (Å²) in [6, 6.07) is 3.58. The van der Waals surface area contributed by atoms with Crippen molar-refractivity contribution < 1.29 is 19.0 Å². The van der Waals surface area contributed by atoms with Gasteiger partial charge in [-0.15, -0.1) is 0 Å². The van der Waals surface area contributed by atoms with Crippen molar-refractivity contribution in [3.05, 3.63) is 24.5 Å². The van der Waals surface area contributed by atoms with Crippen molar-refractivity contribution in [2.24, 2.45) is 0 Å². The highest BCUT2D eigenvalue weighted by Gasteiger charge is 2.20. The summed E-state index contributed by atoms with van der Waals surface area (Å²) in [5.41, 5.74) is 1.54. The number of ether oxygens (including phenoxy) is 3. The van der Waals surface area contributed by atoms with Gasteiger partial charge in [-0.2, -0.15) is 5.10 Å². The number of carbonyl (C=O) groups excluding carboxylic acids is 1. The lowest BCUT2D eigenvalue weighted by Crippen LogP contribution is -2.27. The van der Waals surface area contributed by atoms with Crippen molar-refractivity contribution in [1.29, 1.82) is 0 Å². The van der Waals surface area contributed by atoms with Crippen LogP contribution < -0.4 is 14.8 Å². The molecule has 2 aromatic rings. The van der Waals surface area contributed by atoms with Crippen LogP contribution in [0.15, 0.2) is 24.5 Å². The lowest BCUT2D eigenvalue weighted by molar-refractivity contribution is 0.0635. The maximum Gasteiger partial charge on any atom is 0.412 e. The topological polar surface area (TPSA) is 85.5 Å². The average Bonchev–Trinajstić information content (AvgIpc) is 2.98. The third-order valence-corrected chi connectivity index (χ3v) is 2.95. The molecule has 1 aromatic carbocycles. The second-order valence-corrected chi connectivity index (χ2v) is 5.87. The number of hydrogen-bond acceptors (Lipinski definition) is 5. The van der Waals surface area contributed by atoms with Crippen molar-refractivity contribution in [2.45, 2.75) is 26.4 Å². The maximum atomic E-state index is 12.0. The minimum absolute atomic E-state index is 0.422. The molecule has 0 aliphatic rings. The summed E-state index contributed by atoms with van der Waals surface area (Å²) in [6.07, 6.45) is 2.86. The quantitative estimate of drug-likeness (QED) is 0.901. The fraction of sp³-hybridized carbons (Fsp3) is 0.375. The van der Waals surface area contributed by atoms with E-state index in [0.717, 1.165) is 11.1 Å². The summed E-state index contributed by atoms with van der Waals surface area (Å²) in [5.74, 6) is 0.919. The van der Waals surface area contributed by atoms with E-state index < -0.39 is 11.7 Å². The van der Waals surface area contributed by atoms with Crippen LogP contribution in [0.3, 0.4) is 0 Å². The summed E-state index contributed by atoms with van der Waals surface area (Å²) < 4.78 is 16.0. The minimum Gasteiger partial charge on any atom is -0.493 e. The Morgan fingerprint density at radius 1 is 1.17 bits per heavy atom. The monoisotopic (exact) mass is 319 g/mol. The van der Waals surface area contributed by atoms with Gasteiger partial charge in [0.25, 0.3) is 0 Å². The van der Waals surface area contributed by atoms with Gasteiger partial charge >= 0.3 is 6.09 Å². The number of amides is 1. The molecule has 7 heteroatoms. The molecular formula is C16H21N3O4. The van der Waals surface area contributed by atoms with E-state index in [0.29, 0.717) is 17.2 Å². The second kappa shape index (κ2) is 6.60. The van der Waals surface area contributed by atoms with Crippen LogP contribution in [-0.4, -0.2) is 36.1 Å². The van der Waals surface area contributed by atoms with Gasteiger partial charge in [-0.1, -0.05) is 0 Å². The number of rotatable bonds is 4. The Labute approximate surface area is 134 Å². The van der Waals surface area contributed by atoms with E-state index in [9.17, 15) is 4.79 Å². The highest BCUT2D eigenvalue weighted by molar-refractivity contribution is 5.90. The molecule has 23 heavy (non-hydrogen) atoms. The maximum absolute atomic E-state index is 12.0. The van der Waals surface area contributed by atoms with Gasteiger partial charge < -0.3 is 14.2 Å². The molecule has 124 valence electrons. The van der Waals surface area contributed by atoms with Crippen LogP contribution in [0.4, 0.5) is 10.5 Å². The molecule has 0 unspecified atom stereocenters. The van der Waals surface area contributed by atoms with Gasteiger partial charge in [0.1, 0.15) is 5.60 Å². The first-order valence-corrected chi connectivity index (χ1v) is 7.09. The number of benzene rings is 1. The molecule has 7 nitrogen and oxygen atoms in total. The zero-order chi connectivity index (χ0) is 17.0. The first-order chi connectivity index (χ1) is 10.8. The van der Waals surface area contributed by atoms with E-state index in [2.05, 4.69) is 15.5 Å². The van der Waals surface area contributed by atoms with Crippen LogP contribution in [0.5, 0.6) is 11.5 Å². The van der Waals surface area contributed by atoms with Gasteiger partial charge in [0.15, 0.2) is 11.5 Å². The van der Waals surface area contributed by atoms with Crippen molar-refractivity contribution in [2.75, 3.05) is 19.5 Å². The number of nitrogens with zero attached hydrogens (tertiary/aromatic N) is 1. The zero-order valence-corrected chi connectivity index (χ0v) is 13.9. The fourth-order valence-corrected chi connectivity index (χ4v) is 2.05. The molecule has 2 N–H and O–H groups in total. The predicted octanol–water partition coefficient (Wildman–Crippen LogP) is 3.44. The van der Waals surface area contributed by atoms with Crippen LogP contribution >= 0.6 is 0 Å². The number of H-pyrrole nitrogens is 1. The van der Waals surface area contributed by atoms with Crippen molar-refractivity contribution in [1.82, 2.24) is 10.2 Å². The van der Waals surface area contributed by atoms with Crippen molar-refractivity contribution in [3.8, 4) is 22.6 Å². The SMILES string of the molecule is COc1cc(-c2cn[nH]c2)cc(NC(=O)OC(C)(C)C)c1OC. The summed E-state index contributed by atoms with van der Waals surface area (Å²) in [4.78, 5) is 12.0. The van der Waals surface area contributed by atoms with Gasteiger partial charge in [-0.25, -0.2) is 4.79 Å². The number of aromatic amines is 1. The number of nitrogens with one attached hydrogen (secondary N) is 2. The summed E-state index contributed by atoms with van der Waals surface area (Å²) in [5, 5.41) is 9.38. The lowest BCUT2D eigenvalue weighted by atomic mass is 10.1. The molecule has 0 fully saturated rings. The lowest BCUT2D eigenvalue weighted by Gasteiger charge is -2.21. The third-order valence-electron chi connectivity index (χ3n) is 2.95. The molecule has 1 aromatic heterocycles. The van der Waals surface area contributed by atoms with Crippen molar-refractivity contribution >= 4 is 11.8 Å². The molecule has 0 bridgehead atoms. The molecule has 1 amide bonds. The number of aromatic nitrogens is 2. The van der Waals surface area contributed by atoms with E-state index in [1.807, 2.05) is 6.07 Å². The number of anilines is 1. The highest BCUT2D eigenvalue weighted by Crippen LogP contribution is 2.39. The Bertz CT molecular complexity index is 675. The van der Waals surface area contributed by atoms with Crippen LogP contribution in [0.2, 0.25) is 0 Å². The molecule has 2 rings (SSSR count). The zero-order valence-electron chi connectivity index (χ0n) is 13.9. The van der Waals surface area contributed by atoms with E-state index in [4.69, 9.17) is 14.2 Å². The molecule has 0 aliphatic heterocycles. The Morgan fingerprint density at radius 3 is 2.43 bits per heavy atom. The summed E-state index contributed by atoms with van der Waals surface area (Å²) in [6.45, 7) is 5.39. The molecule has 0 spiro atoms. The minimum atomic E-state index is -0.594. The number of hydrogen-bond donors (Lipinski definition) is 2. The Hall–Kier alpha value is -2.70. The van der Waals surface area contributed by atoms with Gasteiger partial charge in [0.05, 0.1) is 26.1 Å². The second-order valence-electron chi connectivity index (χ2n) is 5.87. The standard InChI is InChI=1S/C16H21N3O4/c1-16(2,3)23-15(20)19-12-6-10(11-8-17-18-9-11)7-13(21-4)14(12)22-5/h6-9H,1-5H3,(H,17,18)(H,19,20). The van der Waals surface area contributed by atoms with Crippen LogP contribution in [0, 0.1) is 0 Å². The normalized spacial score (nSPS) is 11.0. The molecule has 0 atom stereocenters. The van der Waals surface area contributed by atoms with E-state index in [1.165, 1.54) is 14.2 Å². The smallest absolute Gasteiger partial charge is 0.412 e. The van der Waals surface area contributed by atoms with Gasteiger partial charge in [-0.3, -0.25) is 10.4 Å². The molecule has 0 saturated carbocycles. The summed E-state index contributed by atoms with van der Waals surface area (Å²) in [7, 11) is 3.05. The molecule has 1 heterocycles. The van der Waals surface area contributed by atoms with E-state index in [-0.39, 0.29) is 0 Å². The van der Waals surface area contributed by atoms with E-state index in [1.54, 1.807) is 39.2 Å². The fourth-order valence-electron chi connectivity index (χ4n) is 2.05. The third kappa shape index (κ3) is 4.15.